The van der Waals surface area contributed by atoms with Crippen LogP contribution in [0.25, 0.3) is 5.69 Å². The van der Waals surface area contributed by atoms with Crippen molar-refractivity contribution in [1.29, 1.82) is 0 Å². The zero-order valence-electron chi connectivity index (χ0n) is 19.3. The van der Waals surface area contributed by atoms with Crippen LogP contribution in [0.5, 0.6) is 0 Å². The van der Waals surface area contributed by atoms with Crippen LogP contribution in [0, 0.1) is 13.8 Å². The lowest BCUT2D eigenvalue weighted by atomic mass is 10.2. The van der Waals surface area contributed by atoms with Crippen molar-refractivity contribution in [3.05, 3.63) is 41.7 Å². The zero-order chi connectivity index (χ0) is 22.8. The van der Waals surface area contributed by atoms with Gasteiger partial charge in [-0.3, -0.25) is 9.69 Å². The third kappa shape index (κ3) is 5.44. The molecule has 0 aliphatic carbocycles. The number of rotatable bonds is 4. The van der Waals surface area contributed by atoms with Crippen molar-refractivity contribution < 1.29 is 14.3 Å². The van der Waals surface area contributed by atoms with Crippen LogP contribution in [-0.2, 0) is 9.53 Å². The minimum atomic E-state index is -0.513. The monoisotopic (exact) mass is 427 g/mol. The highest BCUT2D eigenvalue weighted by atomic mass is 16.6. The molecular weight excluding hydrogens is 394 g/mol. The lowest BCUT2D eigenvalue weighted by Gasteiger charge is -2.37. The fourth-order valence-electron chi connectivity index (χ4n) is 3.66. The Bertz CT molecular complexity index is 925. The van der Waals surface area contributed by atoms with E-state index in [-0.39, 0.29) is 18.0 Å². The van der Waals surface area contributed by atoms with Crippen molar-refractivity contribution in [3.8, 4) is 5.69 Å². The molecule has 0 radical (unpaired) electrons. The summed E-state index contributed by atoms with van der Waals surface area (Å²) in [6.07, 6.45) is -0.302. The number of amides is 2. The molecule has 31 heavy (non-hydrogen) atoms. The fraction of sp³-hybridized carbons (Fsp3) is 0.522. The predicted molar refractivity (Wildman–Crippen MR) is 121 cm³/mol. The van der Waals surface area contributed by atoms with Gasteiger partial charge in [-0.15, -0.1) is 0 Å². The van der Waals surface area contributed by atoms with Crippen LogP contribution < -0.4 is 5.32 Å². The number of hydrogen-bond acceptors (Lipinski definition) is 5. The van der Waals surface area contributed by atoms with Gasteiger partial charge in [0.15, 0.2) is 0 Å². The standard InChI is InChI=1S/C23H33N5O3/c1-16-20(17(2)28(25-16)19-10-8-7-9-11-19)24-21(29)18(3)26-12-14-27(15-13-26)22(30)31-23(4,5)6/h7-11,18H,12-15H2,1-6H3,(H,24,29). The van der Waals surface area contributed by atoms with Gasteiger partial charge in [0.05, 0.1) is 28.8 Å². The number of benzene rings is 1. The van der Waals surface area contributed by atoms with Gasteiger partial charge in [-0.25, -0.2) is 9.48 Å². The lowest BCUT2D eigenvalue weighted by Crippen LogP contribution is -2.54. The number of aromatic nitrogens is 2. The summed E-state index contributed by atoms with van der Waals surface area (Å²) in [6, 6.07) is 9.53. The molecule has 1 atom stereocenters. The minimum absolute atomic E-state index is 0.0791. The molecule has 2 heterocycles. The molecule has 0 bridgehead atoms. The molecule has 8 nitrogen and oxygen atoms in total. The summed E-state index contributed by atoms with van der Waals surface area (Å²) in [5.41, 5.74) is 2.85. The Morgan fingerprint density at radius 1 is 1.06 bits per heavy atom. The minimum Gasteiger partial charge on any atom is -0.444 e. The number of para-hydroxylation sites is 1. The van der Waals surface area contributed by atoms with Crippen LogP contribution in [0.4, 0.5) is 10.5 Å². The Balaban J connectivity index is 1.61. The zero-order valence-corrected chi connectivity index (χ0v) is 19.3. The molecular formula is C23H33N5O3. The van der Waals surface area contributed by atoms with E-state index in [0.717, 1.165) is 22.8 Å². The lowest BCUT2D eigenvalue weighted by molar-refractivity contribution is -0.121. The molecule has 1 aromatic carbocycles. The first kappa shape index (κ1) is 22.8. The van der Waals surface area contributed by atoms with Gasteiger partial charge < -0.3 is 15.0 Å². The molecule has 3 rings (SSSR count). The number of nitrogens with zero attached hydrogens (tertiary/aromatic N) is 4. The van der Waals surface area contributed by atoms with Gasteiger partial charge in [-0.05, 0) is 53.7 Å². The SMILES string of the molecule is Cc1nn(-c2ccccc2)c(C)c1NC(=O)C(C)N1CCN(C(=O)OC(C)(C)C)CC1. The highest BCUT2D eigenvalue weighted by molar-refractivity contribution is 5.95. The third-order valence-electron chi connectivity index (χ3n) is 5.43. The quantitative estimate of drug-likeness (QED) is 0.809. The average Bonchev–Trinajstić information content (AvgIpc) is 3.01. The number of nitrogens with one attached hydrogen (secondary N) is 1. The Labute approximate surface area is 184 Å². The van der Waals surface area contributed by atoms with Crippen molar-refractivity contribution in [2.75, 3.05) is 31.5 Å². The molecule has 1 saturated heterocycles. The molecule has 1 fully saturated rings. The molecule has 1 aromatic heterocycles. The van der Waals surface area contributed by atoms with Gasteiger partial charge in [-0.1, -0.05) is 18.2 Å². The third-order valence-corrected chi connectivity index (χ3v) is 5.43. The smallest absolute Gasteiger partial charge is 0.410 e. The second-order valence-electron chi connectivity index (χ2n) is 8.96. The van der Waals surface area contributed by atoms with E-state index in [0.29, 0.717) is 26.2 Å². The summed E-state index contributed by atoms with van der Waals surface area (Å²) < 4.78 is 7.29. The van der Waals surface area contributed by atoms with Crippen LogP contribution in [0.15, 0.2) is 30.3 Å². The average molecular weight is 428 g/mol. The maximum absolute atomic E-state index is 13.0. The second kappa shape index (κ2) is 9.09. The summed E-state index contributed by atoms with van der Waals surface area (Å²) >= 11 is 0. The molecule has 8 heteroatoms. The first-order valence-corrected chi connectivity index (χ1v) is 10.7. The van der Waals surface area contributed by atoms with Gasteiger partial charge >= 0.3 is 6.09 Å². The van der Waals surface area contributed by atoms with Crippen molar-refractivity contribution in [3.63, 3.8) is 0 Å². The molecule has 0 saturated carbocycles. The summed E-state index contributed by atoms with van der Waals surface area (Å²) in [5, 5.41) is 7.66. The number of ether oxygens (including phenoxy) is 1. The van der Waals surface area contributed by atoms with Crippen molar-refractivity contribution >= 4 is 17.7 Å². The highest BCUT2D eigenvalue weighted by Gasteiger charge is 2.30. The summed E-state index contributed by atoms with van der Waals surface area (Å²) in [6.45, 7) is 13.6. The van der Waals surface area contributed by atoms with E-state index in [1.165, 1.54) is 0 Å². The molecule has 2 amide bonds. The molecule has 1 aliphatic heterocycles. The first-order valence-electron chi connectivity index (χ1n) is 10.7. The molecule has 0 spiro atoms. The molecule has 1 unspecified atom stereocenters. The van der Waals surface area contributed by atoms with Crippen LogP contribution in [0.1, 0.15) is 39.1 Å². The molecule has 2 aromatic rings. The van der Waals surface area contributed by atoms with E-state index in [1.807, 2.05) is 76.6 Å². The Kier molecular flexibility index (Phi) is 6.69. The number of carbonyl (C=O) groups excluding carboxylic acids is 2. The van der Waals surface area contributed by atoms with Crippen LogP contribution in [0.3, 0.4) is 0 Å². The largest absolute Gasteiger partial charge is 0.444 e. The van der Waals surface area contributed by atoms with Crippen molar-refractivity contribution in [1.82, 2.24) is 19.6 Å². The van der Waals surface area contributed by atoms with E-state index in [2.05, 4.69) is 15.3 Å². The van der Waals surface area contributed by atoms with Crippen molar-refractivity contribution in [2.24, 2.45) is 0 Å². The maximum atomic E-state index is 13.0. The summed E-state index contributed by atoms with van der Waals surface area (Å²) in [4.78, 5) is 29.0. The predicted octanol–water partition coefficient (Wildman–Crippen LogP) is 3.37. The topological polar surface area (TPSA) is 79.7 Å². The molecule has 1 aliphatic rings. The van der Waals surface area contributed by atoms with E-state index in [1.54, 1.807) is 4.90 Å². The molecule has 1 N–H and O–H groups in total. The number of carbonyl (C=O) groups is 2. The second-order valence-corrected chi connectivity index (χ2v) is 8.96. The van der Waals surface area contributed by atoms with Gasteiger partial charge in [0.2, 0.25) is 5.91 Å². The molecule has 168 valence electrons. The van der Waals surface area contributed by atoms with Crippen LogP contribution in [0.2, 0.25) is 0 Å². The van der Waals surface area contributed by atoms with Crippen molar-refractivity contribution in [2.45, 2.75) is 53.2 Å². The van der Waals surface area contributed by atoms with E-state index < -0.39 is 5.60 Å². The van der Waals surface area contributed by atoms with E-state index in [9.17, 15) is 9.59 Å². The Morgan fingerprint density at radius 3 is 2.26 bits per heavy atom. The number of piperazine rings is 1. The first-order chi connectivity index (χ1) is 14.6. The van der Waals surface area contributed by atoms with Crippen LogP contribution in [-0.4, -0.2) is 69.4 Å². The van der Waals surface area contributed by atoms with Crippen LogP contribution >= 0.6 is 0 Å². The summed E-state index contributed by atoms with van der Waals surface area (Å²) in [5.74, 6) is -0.0791. The van der Waals surface area contributed by atoms with E-state index in [4.69, 9.17) is 4.74 Å². The Morgan fingerprint density at radius 2 is 1.68 bits per heavy atom. The Hall–Kier alpha value is -2.87. The van der Waals surface area contributed by atoms with E-state index >= 15 is 0 Å². The number of hydrogen-bond donors (Lipinski definition) is 1. The van der Waals surface area contributed by atoms with Gasteiger partial charge in [0.1, 0.15) is 5.60 Å². The summed E-state index contributed by atoms with van der Waals surface area (Å²) in [7, 11) is 0. The normalized spacial score (nSPS) is 16.1. The number of anilines is 1. The fourth-order valence-corrected chi connectivity index (χ4v) is 3.66. The van der Waals surface area contributed by atoms with Gasteiger partial charge in [0.25, 0.3) is 0 Å². The maximum Gasteiger partial charge on any atom is 0.410 e. The van der Waals surface area contributed by atoms with Gasteiger partial charge in [0, 0.05) is 26.2 Å². The number of aryl methyl sites for hydroxylation is 1. The van der Waals surface area contributed by atoms with Gasteiger partial charge in [-0.2, -0.15) is 5.10 Å². The highest BCUT2D eigenvalue weighted by Crippen LogP contribution is 2.23.